The highest BCUT2D eigenvalue weighted by Crippen LogP contribution is 2.19. The van der Waals surface area contributed by atoms with Gasteiger partial charge in [-0.05, 0) is 26.6 Å². The Hall–Kier alpha value is -1.86. The molecule has 1 atom stereocenters. The van der Waals surface area contributed by atoms with Gasteiger partial charge in [-0.2, -0.15) is 10.3 Å². The van der Waals surface area contributed by atoms with Gasteiger partial charge < -0.3 is 5.32 Å². The Morgan fingerprint density at radius 1 is 1.45 bits per heavy atom. The fraction of sp³-hybridized carbons (Fsp3) is 0.400. The Kier molecular flexibility index (Phi) is 5.97. The zero-order valence-corrected chi connectivity index (χ0v) is 13.9. The fourth-order valence-corrected chi connectivity index (χ4v) is 2.86. The van der Waals surface area contributed by atoms with Crippen LogP contribution < -0.4 is 5.32 Å². The molecule has 0 aliphatic carbocycles. The van der Waals surface area contributed by atoms with Crippen molar-refractivity contribution < 1.29 is 4.79 Å². The van der Waals surface area contributed by atoms with Crippen LogP contribution in [0.4, 0.5) is 0 Å². The molecular formula is C15H21N5OS. The van der Waals surface area contributed by atoms with Crippen molar-refractivity contribution in [2.24, 2.45) is 0 Å². The van der Waals surface area contributed by atoms with E-state index in [-0.39, 0.29) is 11.9 Å². The number of carbonyl (C=O) groups excluding carboxylic acids is 1. The summed E-state index contributed by atoms with van der Waals surface area (Å²) in [5.74, 6) is 0.767. The number of hydrogen-bond donors (Lipinski definition) is 2. The number of aryl methyl sites for hydroxylation is 1. The van der Waals surface area contributed by atoms with Crippen LogP contribution in [0.25, 0.3) is 0 Å². The summed E-state index contributed by atoms with van der Waals surface area (Å²) >= 11 is 1.55. The van der Waals surface area contributed by atoms with Gasteiger partial charge in [0.05, 0.1) is 6.20 Å². The Balaban J connectivity index is 1.90. The summed E-state index contributed by atoms with van der Waals surface area (Å²) < 4.78 is 0. The summed E-state index contributed by atoms with van der Waals surface area (Å²) in [6.07, 6.45) is 1.67. The number of H-pyrrole nitrogens is 1. The van der Waals surface area contributed by atoms with Crippen molar-refractivity contribution in [2.75, 3.05) is 26.4 Å². The maximum atomic E-state index is 12.5. The predicted octanol–water partition coefficient (Wildman–Crippen LogP) is 1.62. The number of nitrogens with one attached hydrogen (secondary N) is 2. The minimum Gasteiger partial charge on any atom is -0.354 e. The molecule has 2 N–H and O–H groups in total. The first-order valence-electron chi connectivity index (χ1n) is 7.07. The van der Waals surface area contributed by atoms with E-state index in [9.17, 15) is 4.79 Å². The van der Waals surface area contributed by atoms with E-state index in [0.29, 0.717) is 6.54 Å². The fourth-order valence-electron chi connectivity index (χ4n) is 2.21. The highest BCUT2D eigenvalue weighted by molar-refractivity contribution is 7.99. The SMILES string of the molecule is Cc1cccc(C(C(=O)NCCSc2cn[nH]n2)N(C)C)c1. The second-order valence-corrected chi connectivity index (χ2v) is 6.34. The molecule has 1 heterocycles. The summed E-state index contributed by atoms with van der Waals surface area (Å²) in [6, 6.07) is 7.77. The molecule has 22 heavy (non-hydrogen) atoms. The molecule has 0 spiro atoms. The van der Waals surface area contributed by atoms with Crippen molar-refractivity contribution in [3.63, 3.8) is 0 Å². The first-order valence-corrected chi connectivity index (χ1v) is 8.06. The van der Waals surface area contributed by atoms with Crippen molar-refractivity contribution in [2.45, 2.75) is 18.0 Å². The van der Waals surface area contributed by atoms with Gasteiger partial charge in [0.2, 0.25) is 5.91 Å². The summed E-state index contributed by atoms with van der Waals surface area (Å²) in [4.78, 5) is 14.4. The van der Waals surface area contributed by atoms with Crippen LogP contribution in [-0.2, 0) is 4.79 Å². The molecule has 2 rings (SSSR count). The normalized spacial score (nSPS) is 12.4. The van der Waals surface area contributed by atoms with Crippen LogP contribution in [0.15, 0.2) is 35.5 Å². The Morgan fingerprint density at radius 2 is 2.27 bits per heavy atom. The zero-order chi connectivity index (χ0) is 15.9. The number of benzene rings is 1. The number of likely N-dealkylation sites (N-methyl/N-ethyl adjacent to an activating group) is 1. The van der Waals surface area contributed by atoms with E-state index in [0.717, 1.165) is 21.9 Å². The van der Waals surface area contributed by atoms with E-state index in [4.69, 9.17) is 0 Å². The van der Waals surface area contributed by atoms with Crippen molar-refractivity contribution >= 4 is 17.7 Å². The van der Waals surface area contributed by atoms with Crippen LogP contribution in [0, 0.1) is 6.92 Å². The minimum absolute atomic E-state index is 0.0105. The van der Waals surface area contributed by atoms with Crippen LogP contribution in [-0.4, -0.2) is 52.6 Å². The Bertz CT molecular complexity index is 600. The number of thioether (sulfide) groups is 1. The zero-order valence-electron chi connectivity index (χ0n) is 13.0. The van der Waals surface area contributed by atoms with E-state index in [1.165, 1.54) is 0 Å². The van der Waals surface area contributed by atoms with E-state index >= 15 is 0 Å². The third-order valence-electron chi connectivity index (χ3n) is 3.17. The van der Waals surface area contributed by atoms with Gasteiger partial charge in [0.15, 0.2) is 0 Å². The maximum absolute atomic E-state index is 12.5. The molecule has 1 aromatic heterocycles. The summed E-state index contributed by atoms with van der Waals surface area (Å²) in [7, 11) is 3.83. The highest BCUT2D eigenvalue weighted by Gasteiger charge is 2.22. The lowest BCUT2D eigenvalue weighted by atomic mass is 10.0. The number of aromatic amines is 1. The molecule has 0 radical (unpaired) electrons. The minimum atomic E-state index is -0.281. The van der Waals surface area contributed by atoms with E-state index in [1.807, 2.05) is 50.2 Å². The van der Waals surface area contributed by atoms with Gasteiger partial charge in [0.25, 0.3) is 0 Å². The van der Waals surface area contributed by atoms with Crippen molar-refractivity contribution in [3.05, 3.63) is 41.6 Å². The van der Waals surface area contributed by atoms with Crippen LogP contribution in [0.3, 0.4) is 0 Å². The molecule has 0 aliphatic heterocycles. The average Bonchev–Trinajstić information content (AvgIpc) is 2.97. The Labute approximate surface area is 134 Å². The summed E-state index contributed by atoms with van der Waals surface area (Å²) in [5.41, 5.74) is 2.16. The van der Waals surface area contributed by atoms with Crippen LogP contribution >= 0.6 is 11.8 Å². The highest BCUT2D eigenvalue weighted by atomic mass is 32.2. The number of amides is 1. The van der Waals surface area contributed by atoms with Crippen molar-refractivity contribution in [1.29, 1.82) is 0 Å². The van der Waals surface area contributed by atoms with Gasteiger partial charge in [-0.15, -0.1) is 16.9 Å². The summed E-state index contributed by atoms with van der Waals surface area (Å²) in [6.45, 7) is 2.62. The second-order valence-electron chi connectivity index (χ2n) is 5.23. The standard InChI is InChI=1S/C15H21N5OS/c1-11-5-4-6-12(9-11)14(20(2)3)15(21)16-7-8-22-13-10-17-19-18-13/h4-6,9-10,14H,7-8H2,1-3H3,(H,16,21)(H,17,18,19). The quantitative estimate of drug-likeness (QED) is 0.599. The van der Waals surface area contributed by atoms with Crippen molar-refractivity contribution in [1.82, 2.24) is 25.6 Å². The van der Waals surface area contributed by atoms with E-state index < -0.39 is 0 Å². The van der Waals surface area contributed by atoms with Crippen molar-refractivity contribution in [3.8, 4) is 0 Å². The molecule has 118 valence electrons. The van der Waals surface area contributed by atoms with Gasteiger partial charge in [0.1, 0.15) is 11.1 Å². The van der Waals surface area contributed by atoms with Gasteiger partial charge in [-0.1, -0.05) is 29.8 Å². The maximum Gasteiger partial charge on any atom is 0.241 e. The second kappa shape index (κ2) is 7.95. The first-order chi connectivity index (χ1) is 10.6. The number of nitrogens with zero attached hydrogens (tertiary/aromatic N) is 3. The molecule has 0 fully saturated rings. The average molecular weight is 319 g/mol. The van der Waals surface area contributed by atoms with Gasteiger partial charge in [0, 0.05) is 12.3 Å². The number of hydrogen-bond acceptors (Lipinski definition) is 5. The third kappa shape index (κ3) is 4.57. The molecular weight excluding hydrogens is 298 g/mol. The third-order valence-corrected chi connectivity index (χ3v) is 4.07. The smallest absolute Gasteiger partial charge is 0.241 e. The molecule has 1 aromatic carbocycles. The monoisotopic (exact) mass is 319 g/mol. The van der Waals surface area contributed by atoms with Gasteiger partial charge in [-0.3, -0.25) is 9.69 Å². The number of aromatic nitrogens is 3. The molecule has 1 amide bonds. The first kappa shape index (κ1) is 16.5. The van der Waals surface area contributed by atoms with Gasteiger partial charge in [-0.25, -0.2) is 0 Å². The molecule has 6 nitrogen and oxygen atoms in total. The van der Waals surface area contributed by atoms with Crippen LogP contribution in [0.5, 0.6) is 0 Å². The molecule has 0 bridgehead atoms. The van der Waals surface area contributed by atoms with E-state index in [1.54, 1.807) is 18.0 Å². The predicted molar refractivity (Wildman–Crippen MR) is 87.7 cm³/mol. The molecule has 1 unspecified atom stereocenters. The van der Waals surface area contributed by atoms with Gasteiger partial charge >= 0.3 is 0 Å². The Morgan fingerprint density at radius 3 is 2.91 bits per heavy atom. The number of rotatable bonds is 7. The molecule has 0 aliphatic rings. The summed E-state index contributed by atoms with van der Waals surface area (Å²) in [5, 5.41) is 14.1. The lowest BCUT2D eigenvalue weighted by molar-refractivity contribution is -0.125. The molecule has 7 heteroatoms. The number of carbonyl (C=O) groups is 1. The molecule has 0 saturated carbocycles. The topological polar surface area (TPSA) is 73.9 Å². The largest absolute Gasteiger partial charge is 0.354 e. The molecule has 0 saturated heterocycles. The molecule has 2 aromatic rings. The van der Waals surface area contributed by atoms with Crippen LogP contribution in [0.2, 0.25) is 0 Å². The lowest BCUT2D eigenvalue weighted by Crippen LogP contribution is -2.38. The van der Waals surface area contributed by atoms with Crippen LogP contribution in [0.1, 0.15) is 17.2 Å². The lowest BCUT2D eigenvalue weighted by Gasteiger charge is -2.24. The van der Waals surface area contributed by atoms with E-state index in [2.05, 4.69) is 20.7 Å².